The molecule has 1 saturated carbocycles. The Balaban J connectivity index is 1.88. The average Bonchev–Trinajstić information content (AvgIpc) is 2.68. The lowest BCUT2D eigenvalue weighted by atomic mass is 9.78. The second-order valence-electron chi connectivity index (χ2n) is 6.65. The topological polar surface area (TPSA) is 32.3 Å². The summed E-state index contributed by atoms with van der Waals surface area (Å²) in [6, 6.07) is 0.601. The van der Waals surface area contributed by atoms with Crippen LogP contribution in [0.5, 0.6) is 0 Å². The summed E-state index contributed by atoms with van der Waals surface area (Å²) in [6.45, 7) is 6.48. The first-order chi connectivity index (χ1) is 9.18. The lowest BCUT2D eigenvalue weighted by molar-refractivity contribution is 0.168. The molecule has 0 aromatic rings. The van der Waals surface area contributed by atoms with Crippen molar-refractivity contribution in [1.29, 1.82) is 0 Å². The van der Waals surface area contributed by atoms with Gasteiger partial charge in [0.15, 0.2) is 0 Å². The molecule has 1 aliphatic heterocycles. The van der Waals surface area contributed by atoms with Crippen LogP contribution < -0.4 is 5.32 Å². The third-order valence-electron chi connectivity index (χ3n) is 4.88. The molecule has 1 N–H and O–H groups in total. The molecule has 110 valence electrons. The Labute approximate surface area is 118 Å². The second kappa shape index (κ2) is 7.16. The quantitative estimate of drug-likeness (QED) is 0.810. The summed E-state index contributed by atoms with van der Waals surface area (Å²) in [5.41, 5.74) is 0. The fourth-order valence-corrected chi connectivity index (χ4v) is 3.66. The van der Waals surface area contributed by atoms with Crippen LogP contribution in [-0.4, -0.2) is 30.1 Å². The molecule has 0 aromatic heterocycles. The van der Waals surface area contributed by atoms with E-state index in [0.717, 1.165) is 13.1 Å². The fourth-order valence-electron chi connectivity index (χ4n) is 3.66. The first-order valence-corrected chi connectivity index (χ1v) is 8.24. The summed E-state index contributed by atoms with van der Waals surface area (Å²) < 4.78 is 0. The minimum Gasteiger partial charge on any atom is -0.335 e. The van der Waals surface area contributed by atoms with Crippen LogP contribution in [0, 0.1) is 11.8 Å². The van der Waals surface area contributed by atoms with Crippen LogP contribution in [0.2, 0.25) is 0 Å². The van der Waals surface area contributed by atoms with Gasteiger partial charge in [0.05, 0.1) is 0 Å². The van der Waals surface area contributed by atoms with Crippen molar-refractivity contribution < 1.29 is 4.79 Å². The van der Waals surface area contributed by atoms with Gasteiger partial charge in [0.25, 0.3) is 0 Å². The Morgan fingerprint density at radius 3 is 2.26 bits per heavy atom. The smallest absolute Gasteiger partial charge is 0.317 e. The molecule has 19 heavy (non-hydrogen) atoms. The van der Waals surface area contributed by atoms with Crippen LogP contribution in [0.15, 0.2) is 0 Å². The standard InChI is InChI=1S/C16H30N2O/c1-13(2)14-9-5-6-10-15(14)17-16(19)18-11-7-3-4-8-12-18/h13-15H,3-12H2,1-2H3,(H,17,19). The van der Waals surface area contributed by atoms with Gasteiger partial charge in [0.2, 0.25) is 0 Å². The number of carbonyl (C=O) groups is 1. The number of rotatable bonds is 2. The maximum atomic E-state index is 12.4. The molecular formula is C16H30N2O. The maximum Gasteiger partial charge on any atom is 0.317 e. The number of nitrogens with zero attached hydrogens (tertiary/aromatic N) is 1. The third-order valence-corrected chi connectivity index (χ3v) is 4.88. The largest absolute Gasteiger partial charge is 0.335 e. The molecular weight excluding hydrogens is 236 g/mol. The molecule has 1 heterocycles. The Kier molecular flexibility index (Phi) is 5.53. The van der Waals surface area contributed by atoms with Gasteiger partial charge in [-0.25, -0.2) is 4.79 Å². The van der Waals surface area contributed by atoms with E-state index in [1.165, 1.54) is 51.4 Å². The van der Waals surface area contributed by atoms with Crippen LogP contribution in [0.4, 0.5) is 4.79 Å². The Hall–Kier alpha value is -0.730. The van der Waals surface area contributed by atoms with E-state index in [-0.39, 0.29) is 6.03 Å². The molecule has 0 aromatic carbocycles. The molecule has 2 atom stereocenters. The van der Waals surface area contributed by atoms with Crippen LogP contribution in [0.1, 0.15) is 65.2 Å². The zero-order valence-corrected chi connectivity index (χ0v) is 12.7. The van der Waals surface area contributed by atoms with E-state index in [1.807, 2.05) is 4.90 Å². The molecule has 2 unspecified atom stereocenters. The molecule has 2 fully saturated rings. The number of nitrogens with one attached hydrogen (secondary N) is 1. The lowest BCUT2D eigenvalue weighted by Gasteiger charge is -2.36. The molecule has 3 heteroatoms. The first kappa shape index (κ1) is 14.7. The highest BCUT2D eigenvalue weighted by Gasteiger charge is 2.29. The van der Waals surface area contributed by atoms with Gasteiger partial charge >= 0.3 is 6.03 Å². The van der Waals surface area contributed by atoms with Gasteiger partial charge in [-0.05, 0) is 37.5 Å². The van der Waals surface area contributed by atoms with Crippen molar-refractivity contribution in [3.63, 3.8) is 0 Å². The van der Waals surface area contributed by atoms with Gasteiger partial charge in [0, 0.05) is 19.1 Å². The number of hydrogen-bond donors (Lipinski definition) is 1. The summed E-state index contributed by atoms with van der Waals surface area (Å²) in [6.07, 6.45) is 9.96. The van der Waals surface area contributed by atoms with E-state index in [0.29, 0.717) is 17.9 Å². The number of carbonyl (C=O) groups excluding carboxylic acids is 1. The van der Waals surface area contributed by atoms with Gasteiger partial charge in [-0.1, -0.05) is 39.5 Å². The van der Waals surface area contributed by atoms with Gasteiger partial charge in [-0.2, -0.15) is 0 Å². The highest BCUT2D eigenvalue weighted by Crippen LogP contribution is 2.30. The van der Waals surface area contributed by atoms with Crippen molar-refractivity contribution >= 4 is 6.03 Å². The maximum absolute atomic E-state index is 12.4. The van der Waals surface area contributed by atoms with Crippen molar-refractivity contribution in [2.24, 2.45) is 11.8 Å². The van der Waals surface area contributed by atoms with Crippen LogP contribution in [0.3, 0.4) is 0 Å². The minimum atomic E-state index is 0.194. The summed E-state index contributed by atoms with van der Waals surface area (Å²) in [5, 5.41) is 3.33. The average molecular weight is 266 g/mol. The number of likely N-dealkylation sites (tertiary alicyclic amines) is 1. The highest BCUT2D eigenvalue weighted by molar-refractivity contribution is 5.74. The summed E-state index contributed by atoms with van der Waals surface area (Å²) in [5.74, 6) is 1.35. The molecule has 3 nitrogen and oxygen atoms in total. The van der Waals surface area contributed by atoms with Crippen molar-refractivity contribution in [2.45, 2.75) is 71.3 Å². The fraction of sp³-hybridized carbons (Fsp3) is 0.938. The summed E-state index contributed by atoms with van der Waals surface area (Å²) in [4.78, 5) is 14.4. The van der Waals surface area contributed by atoms with Crippen molar-refractivity contribution in [2.75, 3.05) is 13.1 Å². The number of amides is 2. The van der Waals surface area contributed by atoms with E-state index in [1.54, 1.807) is 0 Å². The zero-order valence-electron chi connectivity index (χ0n) is 12.7. The molecule has 0 radical (unpaired) electrons. The molecule has 1 aliphatic carbocycles. The van der Waals surface area contributed by atoms with Gasteiger partial charge < -0.3 is 10.2 Å². The predicted octanol–water partition coefficient (Wildman–Crippen LogP) is 3.79. The molecule has 2 rings (SSSR count). The van der Waals surface area contributed by atoms with E-state index >= 15 is 0 Å². The first-order valence-electron chi connectivity index (χ1n) is 8.24. The van der Waals surface area contributed by atoms with Crippen molar-refractivity contribution in [3.05, 3.63) is 0 Å². The lowest BCUT2D eigenvalue weighted by Crippen LogP contribution is -2.49. The normalized spacial score (nSPS) is 29.1. The predicted molar refractivity (Wildman–Crippen MR) is 79.2 cm³/mol. The number of urea groups is 1. The third kappa shape index (κ3) is 4.12. The molecule has 0 spiro atoms. The van der Waals surface area contributed by atoms with E-state index in [4.69, 9.17) is 0 Å². The molecule has 2 amide bonds. The van der Waals surface area contributed by atoms with Gasteiger partial charge in [0.1, 0.15) is 0 Å². The van der Waals surface area contributed by atoms with Crippen LogP contribution >= 0.6 is 0 Å². The zero-order chi connectivity index (χ0) is 13.7. The SMILES string of the molecule is CC(C)C1CCCCC1NC(=O)N1CCCCCC1. The number of hydrogen-bond acceptors (Lipinski definition) is 1. The molecule has 2 aliphatic rings. The van der Waals surface area contributed by atoms with Gasteiger partial charge in [-0.3, -0.25) is 0 Å². The van der Waals surface area contributed by atoms with E-state index in [2.05, 4.69) is 19.2 Å². The van der Waals surface area contributed by atoms with E-state index < -0.39 is 0 Å². The summed E-state index contributed by atoms with van der Waals surface area (Å²) in [7, 11) is 0. The second-order valence-corrected chi connectivity index (χ2v) is 6.65. The van der Waals surface area contributed by atoms with Crippen molar-refractivity contribution in [1.82, 2.24) is 10.2 Å². The van der Waals surface area contributed by atoms with E-state index in [9.17, 15) is 4.79 Å². The Bertz CT molecular complexity index is 282. The van der Waals surface area contributed by atoms with Gasteiger partial charge in [-0.15, -0.1) is 0 Å². The minimum absolute atomic E-state index is 0.194. The van der Waals surface area contributed by atoms with Crippen LogP contribution in [0.25, 0.3) is 0 Å². The van der Waals surface area contributed by atoms with Crippen LogP contribution in [-0.2, 0) is 0 Å². The summed E-state index contributed by atoms with van der Waals surface area (Å²) >= 11 is 0. The molecule has 0 bridgehead atoms. The van der Waals surface area contributed by atoms with Crippen molar-refractivity contribution in [3.8, 4) is 0 Å². The Morgan fingerprint density at radius 1 is 1.00 bits per heavy atom. The highest BCUT2D eigenvalue weighted by atomic mass is 16.2. The Morgan fingerprint density at radius 2 is 1.63 bits per heavy atom. The molecule has 1 saturated heterocycles. The monoisotopic (exact) mass is 266 g/mol.